The lowest BCUT2D eigenvalue weighted by molar-refractivity contribution is -0.160. The molecule has 4 bridgehead atoms. The number of phenols is 1. The maximum absolute atomic E-state index is 14.8. The van der Waals surface area contributed by atoms with Crippen molar-refractivity contribution in [3.05, 3.63) is 75.7 Å². The van der Waals surface area contributed by atoms with Crippen LogP contribution in [0.4, 0.5) is 5.69 Å². The number of methoxy groups -OCH3 is 1. The Morgan fingerprint density at radius 1 is 1.00 bits per heavy atom. The van der Waals surface area contributed by atoms with Crippen molar-refractivity contribution in [3.8, 4) is 28.7 Å². The molecule has 1 fully saturated rings. The number of anilines is 1. The lowest BCUT2D eigenvalue weighted by Crippen LogP contribution is -2.46. The Morgan fingerprint density at radius 3 is 2.42 bits per heavy atom. The number of esters is 1. The lowest BCUT2D eigenvalue weighted by atomic mass is 9.78. The summed E-state index contributed by atoms with van der Waals surface area (Å²) >= 11 is 0. The van der Waals surface area contributed by atoms with Crippen molar-refractivity contribution < 1.29 is 62.5 Å². The zero-order valence-corrected chi connectivity index (χ0v) is 38.7. The summed E-state index contributed by atoms with van der Waals surface area (Å²) in [5.74, 6) is -6.82. The van der Waals surface area contributed by atoms with E-state index in [0.717, 1.165) is 13.1 Å². The van der Waals surface area contributed by atoms with E-state index in [4.69, 9.17) is 37.8 Å². The van der Waals surface area contributed by atoms with Gasteiger partial charge in [0, 0.05) is 86.9 Å². The van der Waals surface area contributed by atoms with Gasteiger partial charge in [0.05, 0.1) is 48.7 Å². The minimum absolute atomic E-state index is 0.0225. The van der Waals surface area contributed by atoms with E-state index in [2.05, 4.69) is 10.2 Å². The second kappa shape index (κ2) is 19.5. The first kappa shape index (κ1) is 48.1. The molecule has 66 heavy (non-hydrogen) atoms. The Kier molecular flexibility index (Phi) is 14.2. The third-order valence-electron chi connectivity index (χ3n) is 13.1. The number of allylic oxidation sites excluding steroid dienone is 2. The summed E-state index contributed by atoms with van der Waals surface area (Å²) in [6.45, 7) is 16.5. The van der Waals surface area contributed by atoms with Gasteiger partial charge in [0.25, 0.3) is 11.7 Å². The van der Waals surface area contributed by atoms with Crippen LogP contribution in [0.5, 0.6) is 17.2 Å². The SMILES string of the molecule is CO[C@H]1/C=C/O[C@@]2(C)Oc3c(C)c(O)c4c(=O)c(c5oc6cc(OCCN7CCOCC7)ccc6nc-5c4c3C2=O)NC(=O)/C(C)=C\C=C\[C@H](C)[C@H](O)[C@@H](C)[C@@H](O)[C@@H](C)[C@H](OC(C)=O)[C@@H]1C. The summed E-state index contributed by atoms with van der Waals surface area (Å²) in [5, 5.41) is 37.1. The van der Waals surface area contributed by atoms with E-state index in [1.165, 1.54) is 53.2 Å². The maximum atomic E-state index is 14.8. The summed E-state index contributed by atoms with van der Waals surface area (Å²) < 4.78 is 41.9. The van der Waals surface area contributed by atoms with Gasteiger partial charge in [-0.3, -0.25) is 24.1 Å². The van der Waals surface area contributed by atoms with Gasteiger partial charge in [0.15, 0.2) is 11.3 Å². The van der Waals surface area contributed by atoms with Crippen LogP contribution in [0.2, 0.25) is 0 Å². The molecule has 17 heteroatoms. The van der Waals surface area contributed by atoms with Crippen LogP contribution in [-0.4, -0.2) is 120 Å². The smallest absolute Gasteiger partial charge is 0.312 e. The number of hydrogen-bond acceptors (Lipinski definition) is 16. The predicted molar refractivity (Wildman–Crippen MR) is 244 cm³/mol. The number of aliphatic hydroxyl groups is 2. The van der Waals surface area contributed by atoms with Crippen molar-refractivity contribution in [3.63, 3.8) is 0 Å². The molecule has 7 rings (SSSR count). The highest BCUT2D eigenvalue weighted by molar-refractivity contribution is 6.22. The first-order valence-electron chi connectivity index (χ1n) is 22.2. The van der Waals surface area contributed by atoms with Gasteiger partial charge in [-0.2, -0.15) is 0 Å². The molecule has 0 saturated carbocycles. The fourth-order valence-corrected chi connectivity index (χ4v) is 8.99. The highest BCUT2D eigenvalue weighted by atomic mass is 16.7. The van der Waals surface area contributed by atoms with Crippen LogP contribution < -0.4 is 20.2 Å². The van der Waals surface area contributed by atoms with Gasteiger partial charge in [0.2, 0.25) is 5.43 Å². The second-order valence-electron chi connectivity index (χ2n) is 17.7. The standard InChI is InChI=1S/C49H59N3O14/c1-24-11-10-12-25(2)48(59)51-39-43(57)36-35(38-46(39)65-34-23-31(13-14-32(34)50-38)62-22-18-52-16-20-61-21-17-52)37-45(29(6)42(36)56)66-49(8,47(37)58)63-19-15-33(60-9)26(3)44(64-30(7)53)28(5)41(55)27(4)40(24)54/h10-15,19,23-24,26-28,33,40-41,44,54-56H,16-18,20-22H2,1-9H3,(H,51,59)/b11-10+,19-15+,25-12-/t24-,26+,27+,28+,33-,40-,41+,44+,49-/m0/s1. The molecular weight excluding hydrogens is 855 g/mol. The van der Waals surface area contributed by atoms with Crippen molar-refractivity contribution in [1.82, 2.24) is 9.88 Å². The molecule has 1 aliphatic carbocycles. The van der Waals surface area contributed by atoms with Crippen molar-refractivity contribution in [1.29, 1.82) is 0 Å². The molecular formula is C49H59N3O14. The Morgan fingerprint density at radius 2 is 1.73 bits per heavy atom. The molecule has 0 unspecified atom stereocenters. The van der Waals surface area contributed by atoms with E-state index in [1.54, 1.807) is 58.0 Å². The number of amides is 1. The van der Waals surface area contributed by atoms with Crippen molar-refractivity contribution in [2.75, 3.05) is 51.9 Å². The lowest BCUT2D eigenvalue weighted by Gasteiger charge is -2.38. The number of aromatic nitrogens is 1. The minimum atomic E-state index is -2.04. The van der Waals surface area contributed by atoms with E-state index < -0.39 is 82.7 Å². The number of hydrogen-bond donors (Lipinski definition) is 4. The number of phenolic OH excluding ortho intramolecular Hbond substituents is 1. The third kappa shape index (κ3) is 9.27. The molecule has 354 valence electrons. The van der Waals surface area contributed by atoms with Gasteiger partial charge in [-0.05, 0) is 32.1 Å². The Labute approximate surface area is 382 Å². The summed E-state index contributed by atoms with van der Waals surface area (Å²) in [6.07, 6.45) is 3.59. The van der Waals surface area contributed by atoms with Crippen molar-refractivity contribution in [2.45, 2.75) is 85.6 Å². The van der Waals surface area contributed by atoms with Crippen LogP contribution in [0, 0.1) is 30.6 Å². The number of Topliss-reactive ketones (excluding diaryl/α,β-unsaturated/α-hetero) is 1. The first-order valence-corrected chi connectivity index (χ1v) is 22.2. The Balaban J connectivity index is 1.38. The largest absolute Gasteiger partial charge is 0.507 e. The number of ether oxygens (including phenoxy) is 6. The summed E-state index contributed by atoms with van der Waals surface area (Å²) in [4.78, 5) is 63.0. The summed E-state index contributed by atoms with van der Waals surface area (Å²) in [7, 11) is 1.44. The van der Waals surface area contributed by atoms with E-state index >= 15 is 0 Å². The van der Waals surface area contributed by atoms with Gasteiger partial charge in [-0.25, -0.2) is 4.98 Å². The van der Waals surface area contributed by atoms with Gasteiger partial charge in [-0.15, -0.1) is 0 Å². The maximum Gasteiger partial charge on any atom is 0.312 e. The Hall–Kier alpha value is -5.85. The van der Waals surface area contributed by atoms with E-state index in [1.807, 2.05) is 0 Å². The van der Waals surface area contributed by atoms with Gasteiger partial charge in [-0.1, -0.05) is 45.9 Å². The predicted octanol–water partition coefficient (Wildman–Crippen LogP) is 5.66. The first-order chi connectivity index (χ1) is 31.4. The number of rotatable bonds is 6. The van der Waals surface area contributed by atoms with E-state index in [-0.39, 0.29) is 55.9 Å². The summed E-state index contributed by atoms with van der Waals surface area (Å²) in [5.41, 5.74) is -0.571. The quantitative estimate of drug-likeness (QED) is 0.104. The molecule has 0 aromatic heterocycles. The monoisotopic (exact) mass is 913 g/mol. The Bertz CT molecular complexity index is 2630. The number of aliphatic hydroxyl groups excluding tert-OH is 2. The third-order valence-corrected chi connectivity index (χ3v) is 13.1. The molecule has 0 radical (unpaired) electrons. The zero-order valence-electron chi connectivity index (χ0n) is 38.7. The van der Waals surface area contributed by atoms with Crippen LogP contribution in [0.1, 0.15) is 64.4 Å². The fourth-order valence-electron chi connectivity index (χ4n) is 8.99. The van der Waals surface area contributed by atoms with Gasteiger partial charge in [0.1, 0.15) is 46.9 Å². The molecule has 0 spiro atoms. The van der Waals surface area contributed by atoms with E-state index in [0.29, 0.717) is 37.6 Å². The molecule has 4 heterocycles. The number of carbonyl (C=O) groups excluding carboxylic acids is 3. The number of fused-ring (bicyclic) bond motifs is 2. The molecule has 4 aliphatic heterocycles. The number of aromatic hydroxyl groups is 1. The van der Waals surface area contributed by atoms with Crippen LogP contribution in [-0.2, 0) is 28.5 Å². The minimum Gasteiger partial charge on any atom is -0.507 e. The highest BCUT2D eigenvalue weighted by Crippen LogP contribution is 2.50. The number of benzene rings is 3. The van der Waals surface area contributed by atoms with Gasteiger partial charge < -0.3 is 53.5 Å². The molecule has 2 aromatic carbocycles. The fraction of sp³-hybridized carbons (Fsp3) is 0.490. The topological polar surface area (TPSA) is 226 Å². The normalized spacial score (nSPS) is 29.8. The molecule has 1 amide bonds. The number of nitrogens with one attached hydrogen (secondary N) is 1. The average molecular weight is 914 g/mol. The van der Waals surface area contributed by atoms with Crippen molar-refractivity contribution in [2.24, 2.45) is 23.7 Å². The molecule has 5 aliphatic rings. The van der Waals surface area contributed by atoms with Crippen LogP contribution in [0.15, 0.2) is 63.6 Å². The number of carbonyl (C=O) groups is 3. The molecule has 1 saturated heterocycles. The second-order valence-corrected chi connectivity index (χ2v) is 17.7. The number of morpholine rings is 1. The van der Waals surface area contributed by atoms with Crippen LogP contribution >= 0.6 is 0 Å². The zero-order chi connectivity index (χ0) is 47.8. The molecule has 2 aromatic rings. The number of ketones is 1. The van der Waals surface area contributed by atoms with Crippen molar-refractivity contribution >= 4 is 45.2 Å². The summed E-state index contributed by atoms with van der Waals surface area (Å²) in [6, 6.07) is 5.01. The average Bonchev–Trinajstić information content (AvgIpc) is 3.56. The van der Waals surface area contributed by atoms with Gasteiger partial charge >= 0.3 is 11.8 Å². The molecule has 17 nitrogen and oxygen atoms in total. The molecule has 9 atom stereocenters. The van der Waals surface area contributed by atoms with E-state index in [9.17, 15) is 34.5 Å². The molecule has 4 N–H and O–H groups in total. The van der Waals surface area contributed by atoms with Crippen LogP contribution in [0.3, 0.4) is 0 Å². The number of nitrogens with zero attached hydrogens (tertiary/aromatic N) is 2. The highest BCUT2D eigenvalue weighted by Gasteiger charge is 2.50. The van der Waals surface area contributed by atoms with Crippen LogP contribution in [0.25, 0.3) is 33.3 Å².